The molecule has 3 nitrogen and oxygen atoms in total. The molecule has 2 rings (SSSR count). The summed E-state index contributed by atoms with van der Waals surface area (Å²) < 4.78 is 37.8. The van der Waals surface area contributed by atoms with Gasteiger partial charge in [-0.2, -0.15) is 13.2 Å². The number of nitrogens with one attached hydrogen (secondary N) is 1. The third-order valence-electron chi connectivity index (χ3n) is 2.84. The monoisotopic (exact) mass is 325 g/mol. The number of alkyl halides is 3. The molecule has 0 aliphatic rings. The summed E-state index contributed by atoms with van der Waals surface area (Å²) in [5.74, 6) is -0.902. The summed E-state index contributed by atoms with van der Waals surface area (Å²) >= 11 is 0. The van der Waals surface area contributed by atoms with Gasteiger partial charge in [0.1, 0.15) is 5.75 Å². The summed E-state index contributed by atoms with van der Waals surface area (Å²) in [7, 11) is 0. The molecule has 2 aromatic rings. The average molecular weight is 325 g/mol. The van der Waals surface area contributed by atoms with E-state index in [1.807, 2.05) is 13.8 Å². The molecule has 0 aliphatic carbocycles. The van der Waals surface area contributed by atoms with E-state index < -0.39 is 17.6 Å². The first-order valence-corrected chi connectivity index (χ1v) is 7.05. The summed E-state index contributed by atoms with van der Waals surface area (Å²) in [6.07, 6.45) is -4.48. The van der Waals surface area contributed by atoms with Crippen LogP contribution in [0, 0.1) is 6.92 Å². The number of rotatable bonds is 2. The number of halogens is 3. The fourth-order valence-corrected chi connectivity index (χ4v) is 1.80. The lowest BCUT2D eigenvalue weighted by Crippen LogP contribution is -2.13. The maximum atomic E-state index is 12.6. The third kappa shape index (κ3) is 5.02. The van der Waals surface area contributed by atoms with Crippen LogP contribution in [-0.4, -0.2) is 11.0 Å². The zero-order chi connectivity index (χ0) is 17.6. The van der Waals surface area contributed by atoms with Crippen molar-refractivity contribution >= 4 is 11.6 Å². The van der Waals surface area contributed by atoms with Crippen LogP contribution < -0.4 is 5.32 Å². The smallest absolute Gasteiger partial charge is 0.416 e. The van der Waals surface area contributed by atoms with Gasteiger partial charge in [0.05, 0.1) is 11.1 Å². The molecule has 0 fully saturated rings. The Morgan fingerprint density at radius 3 is 2.35 bits per heavy atom. The molecular formula is C17H18F3NO2. The molecule has 124 valence electrons. The molecular weight excluding hydrogens is 307 g/mol. The zero-order valence-electron chi connectivity index (χ0n) is 13.0. The first kappa shape index (κ1) is 18.5. The van der Waals surface area contributed by atoms with Crippen molar-refractivity contribution in [2.45, 2.75) is 26.9 Å². The number of phenols is 1. The third-order valence-corrected chi connectivity index (χ3v) is 2.84. The van der Waals surface area contributed by atoms with Gasteiger partial charge in [0.25, 0.3) is 5.91 Å². The van der Waals surface area contributed by atoms with Crippen molar-refractivity contribution in [3.05, 3.63) is 59.2 Å². The Morgan fingerprint density at radius 2 is 1.74 bits per heavy atom. The van der Waals surface area contributed by atoms with Gasteiger partial charge in [-0.25, -0.2) is 0 Å². The van der Waals surface area contributed by atoms with E-state index in [0.717, 1.165) is 17.7 Å². The first-order valence-electron chi connectivity index (χ1n) is 7.05. The van der Waals surface area contributed by atoms with Crippen LogP contribution >= 0.6 is 0 Å². The van der Waals surface area contributed by atoms with Crippen molar-refractivity contribution in [3.8, 4) is 5.75 Å². The fourth-order valence-electron chi connectivity index (χ4n) is 1.80. The van der Waals surface area contributed by atoms with Gasteiger partial charge in [-0.05, 0) is 37.3 Å². The van der Waals surface area contributed by atoms with E-state index >= 15 is 0 Å². The maximum absolute atomic E-state index is 12.6. The first-order chi connectivity index (χ1) is 10.8. The van der Waals surface area contributed by atoms with Crippen LogP contribution in [0.15, 0.2) is 42.5 Å². The Kier molecular flexibility index (Phi) is 6.18. The lowest BCUT2D eigenvalue weighted by molar-refractivity contribution is -0.137. The molecule has 23 heavy (non-hydrogen) atoms. The fraction of sp³-hybridized carbons (Fsp3) is 0.235. The number of anilines is 1. The lowest BCUT2D eigenvalue weighted by Gasteiger charge is -2.10. The molecule has 0 saturated carbocycles. The van der Waals surface area contributed by atoms with E-state index in [1.165, 1.54) is 24.3 Å². The van der Waals surface area contributed by atoms with Gasteiger partial charge in [0.2, 0.25) is 0 Å². The molecule has 0 radical (unpaired) electrons. The van der Waals surface area contributed by atoms with Crippen molar-refractivity contribution in [2.75, 3.05) is 5.32 Å². The van der Waals surface area contributed by atoms with Crippen molar-refractivity contribution < 1.29 is 23.1 Å². The Bertz CT molecular complexity index is 682. The number of carbonyl (C=O) groups is 1. The Morgan fingerprint density at radius 1 is 1.09 bits per heavy atom. The van der Waals surface area contributed by atoms with Crippen LogP contribution in [0.2, 0.25) is 0 Å². The highest BCUT2D eigenvalue weighted by molar-refractivity contribution is 6.06. The summed E-state index contributed by atoms with van der Waals surface area (Å²) in [5.41, 5.74) is -0.0844. The van der Waals surface area contributed by atoms with Crippen LogP contribution in [0.5, 0.6) is 5.75 Å². The molecule has 0 bridgehead atoms. The number of aromatic hydroxyl groups is 1. The minimum absolute atomic E-state index is 0.00686. The van der Waals surface area contributed by atoms with Gasteiger partial charge in [-0.3, -0.25) is 4.79 Å². The second-order valence-electron chi connectivity index (χ2n) is 4.55. The molecule has 0 spiro atoms. The highest BCUT2D eigenvalue weighted by atomic mass is 19.4. The molecule has 0 aromatic heterocycles. The molecule has 0 unspecified atom stereocenters. The van der Waals surface area contributed by atoms with Crippen LogP contribution in [0.4, 0.5) is 18.9 Å². The molecule has 2 aromatic carbocycles. The summed E-state index contributed by atoms with van der Waals surface area (Å²) in [6, 6.07) is 8.74. The SMILES string of the molecule is CC.Cc1ccc(O)c(C(=O)Nc2cccc(C(F)(F)F)c2)c1. The molecule has 0 aliphatic heterocycles. The number of carbonyl (C=O) groups excluding carboxylic acids is 1. The Balaban J connectivity index is 0.00000127. The number of hydrogen-bond acceptors (Lipinski definition) is 2. The van der Waals surface area contributed by atoms with E-state index in [9.17, 15) is 23.1 Å². The number of phenolic OH excluding ortho intramolecular Hbond substituents is 1. The maximum Gasteiger partial charge on any atom is 0.416 e. The molecule has 0 heterocycles. The van der Waals surface area contributed by atoms with Crippen molar-refractivity contribution in [1.82, 2.24) is 0 Å². The largest absolute Gasteiger partial charge is 0.507 e. The average Bonchev–Trinajstić information content (AvgIpc) is 2.51. The molecule has 0 atom stereocenters. The molecule has 0 saturated heterocycles. The lowest BCUT2D eigenvalue weighted by atomic mass is 10.1. The van der Waals surface area contributed by atoms with E-state index in [0.29, 0.717) is 0 Å². The number of amides is 1. The summed E-state index contributed by atoms with van der Waals surface area (Å²) in [5, 5.41) is 12.0. The number of benzene rings is 2. The minimum atomic E-state index is -4.48. The van der Waals surface area contributed by atoms with Gasteiger partial charge in [-0.15, -0.1) is 0 Å². The van der Waals surface area contributed by atoms with Gasteiger partial charge < -0.3 is 10.4 Å². The highest BCUT2D eigenvalue weighted by Gasteiger charge is 2.30. The van der Waals surface area contributed by atoms with Crippen LogP contribution in [0.25, 0.3) is 0 Å². The van der Waals surface area contributed by atoms with Crippen molar-refractivity contribution in [2.24, 2.45) is 0 Å². The predicted molar refractivity (Wildman–Crippen MR) is 83.6 cm³/mol. The zero-order valence-corrected chi connectivity index (χ0v) is 13.0. The van der Waals surface area contributed by atoms with Crippen molar-refractivity contribution in [3.63, 3.8) is 0 Å². The molecule has 6 heteroatoms. The normalized spacial score (nSPS) is 10.5. The Hall–Kier alpha value is -2.50. The quantitative estimate of drug-likeness (QED) is 0.816. The summed E-state index contributed by atoms with van der Waals surface area (Å²) in [6.45, 7) is 5.74. The standard InChI is InChI=1S/C15H12F3NO2.C2H6/c1-9-5-6-13(20)12(7-9)14(21)19-11-4-2-3-10(8-11)15(16,17)18;1-2/h2-8,20H,1H3,(H,19,21);1-2H3. The molecule has 1 amide bonds. The second kappa shape index (κ2) is 7.67. The predicted octanol–water partition coefficient (Wildman–Crippen LogP) is 5.00. The minimum Gasteiger partial charge on any atom is -0.507 e. The van der Waals surface area contributed by atoms with E-state index in [1.54, 1.807) is 13.0 Å². The van der Waals surface area contributed by atoms with Crippen LogP contribution in [0.1, 0.15) is 35.3 Å². The van der Waals surface area contributed by atoms with Crippen LogP contribution in [-0.2, 0) is 6.18 Å². The number of aryl methyl sites for hydroxylation is 1. The highest BCUT2D eigenvalue weighted by Crippen LogP contribution is 2.31. The van der Waals surface area contributed by atoms with E-state index in [-0.39, 0.29) is 17.0 Å². The summed E-state index contributed by atoms with van der Waals surface area (Å²) in [4.78, 5) is 12.0. The van der Waals surface area contributed by atoms with Crippen molar-refractivity contribution in [1.29, 1.82) is 0 Å². The number of hydrogen-bond donors (Lipinski definition) is 2. The van der Waals surface area contributed by atoms with E-state index in [4.69, 9.17) is 0 Å². The Labute approximate surface area is 132 Å². The topological polar surface area (TPSA) is 49.3 Å². The second-order valence-corrected chi connectivity index (χ2v) is 4.55. The van der Waals surface area contributed by atoms with Crippen LogP contribution in [0.3, 0.4) is 0 Å². The van der Waals surface area contributed by atoms with Gasteiger partial charge >= 0.3 is 6.18 Å². The molecule has 2 N–H and O–H groups in total. The van der Waals surface area contributed by atoms with Gasteiger partial charge in [0, 0.05) is 5.69 Å². The van der Waals surface area contributed by atoms with E-state index in [2.05, 4.69) is 5.32 Å². The van der Waals surface area contributed by atoms with Gasteiger partial charge in [-0.1, -0.05) is 31.5 Å². The van der Waals surface area contributed by atoms with Gasteiger partial charge in [0.15, 0.2) is 0 Å².